The first-order valence-electron chi connectivity index (χ1n) is 2.04. The standard InChI is InChI=1S/C4H7NO2S2/c1-3(4(5)6)9(7)8-2/h1H2,2H3,(H2,5,6). The van der Waals surface area contributed by atoms with Gasteiger partial charge in [-0.2, -0.15) is 0 Å². The van der Waals surface area contributed by atoms with Gasteiger partial charge in [-0.15, -0.1) is 0 Å². The lowest BCUT2D eigenvalue weighted by molar-refractivity contribution is -0.113. The maximum Gasteiger partial charge on any atom is 0.257 e. The van der Waals surface area contributed by atoms with E-state index in [4.69, 9.17) is 5.73 Å². The zero-order chi connectivity index (χ0) is 7.44. The minimum atomic E-state index is -1.35. The van der Waals surface area contributed by atoms with Crippen LogP contribution < -0.4 is 5.73 Å². The summed E-state index contributed by atoms with van der Waals surface area (Å²) in [6.45, 7) is 3.23. The number of nitrogens with two attached hydrogens (primary N) is 1. The third kappa shape index (κ3) is 2.67. The average Bonchev–Trinajstić information content (AvgIpc) is 1.84. The summed E-state index contributed by atoms with van der Waals surface area (Å²) in [6.07, 6.45) is 1.62. The van der Waals surface area contributed by atoms with Crippen molar-refractivity contribution in [3.63, 3.8) is 0 Å². The fraction of sp³-hybridized carbons (Fsp3) is 0.250. The lowest BCUT2D eigenvalue weighted by Crippen LogP contribution is -2.14. The van der Waals surface area contributed by atoms with Gasteiger partial charge in [0.25, 0.3) is 5.91 Å². The largest absolute Gasteiger partial charge is 0.365 e. The van der Waals surface area contributed by atoms with Crippen LogP contribution in [0.25, 0.3) is 0 Å². The van der Waals surface area contributed by atoms with Crippen LogP contribution in [0.5, 0.6) is 0 Å². The van der Waals surface area contributed by atoms with E-state index in [0.717, 1.165) is 10.8 Å². The predicted octanol–water partition coefficient (Wildman–Crippen LogP) is 0.0121. The highest BCUT2D eigenvalue weighted by atomic mass is 33.1. The van der Waals surface area contributed by atoms with Crippen LogP contribution in [0.4, 0.5) is 0 Å². The Hall–Kier alpha value is -0.290. The quantitative estimate of drug-likeness (QED) is 0.473. The highest BCUT2D eigenvalue weighted by molar-refractivity contribution is 8.70. The van der Waals surface area contributed by atoms with E-state index in [1.807, 2.05) is 0 Å². The molecule has 0 aliphatic heterocycles. The van der Waals surface area contributed by atoms with Crippen molar-refractivity contribution in [2.45, 2.75) is 0 Å². The molecule has 0 saturated carbocycles. The van der Waals surface area contributed by atoms with Crippen molar-refractivity contribution in [3.05, 3.63) is 11.5 Å². The number of carbonyl (C=O) groups excluding carboxylic acids is 1. The summed E-state index contributed by atoms with van der Waals surface area (Å²) < 4.78 is 10.6. The minimum absolute atomic E-state index is 0.0394. The van der Waals surface area contributed by atoms with Gasteiger partial charge in [0, 0.05) is 0 Å². The van der Waals surface area contributed by atoms with E-state index in [1.54, 1.807) is 6.26 Å². The lowest BCUT2D eigenvalue weighted by Gasteiger charge is -1.93. The molecule has 0 rings (SSSR count). The summed E-state index contributed by atoms with van der Waals surface area (Å²) in [5, 5.41) is 0. The normalized spacial score (nSPS) is 12.6. The Bertz CT molecular complexity index is 166. The molecule has 0 aromatic rings. The smallest absolute Gasteiger partial charge is 0.257 e. The Kier molecular flexibility index (Phi) is 3.56. The molecule has 0 radical (unpaired) electrons. The van der Waals surface area contributed by atoms with Gasteiger partial charge in [-0.3, -0.25) is 4.79 Å². The van der Waals surface area contributed by atoms with E-state index < -0.39 is 15.7 Å². The molecule has 1 atom stereocenters. The van der Waals surface area contributed by atoms with Gasteiger partial charge < -0.3 is 5.73 Å². The van der Waals surface area contributed by atoms with Crippen LogP contribution in [0.3, 0.4) is 0 Å². The van der Waals surface area contributed by atoms with Gasteiger partial charge in [0.05, 0.1) is 0 Å². The van der Waals surface area contributed by atoms with Crippen LogP contribution in [0.2, 0.25) is 0 Å². The molecule has 0 spiro atoms. The monoisotopic (exact) mass is 165 g/mol. The highest BCUT2D eigenvalue weighted by Crippen LogP contribution is 2.09. The molecule has 1 amide bonds. The molecule has 0 aromatic carbocycles. The molecule has 0 saturated heterocycles. The third-order valence-corrected chi connectivity index (χ3v) is 3.05. The van der Waals surface area contributed by atoms with Crippen molar-refractivity contribution in [1.29, 1.82) is 0 Å². The Morgan fingerprint density at radius 1 is 1.78 bits per heavy atom. The van der Waals surface area contributed by atoms with Crippen molar-refractivity contribution >= 4 is 26.5 Å². The fourth-order valence-electron chi connectivity index (χ4n) is 0.183. The summed E-state index contributed by atoms with van der Waals surface area (Å²) in [6, 6.07) is 0. The topological polar surface area (TPSA) is 60.2 Å². The Balaban J connectivity index is 4.05. The molecule has 0 fully saturated rings. The van der Waals surface area contributed by atoms with Crippen molar-refractivity contribution < 1.29 is 9.00 Å². The number of carbonyl (C=O) groups is 1. The van der Waals surface area contributed by atoms with Gasteiger partial charge in [0.2, 0.25) is 0 Å². The van der Waals surface area contributed by atoms with Gasteiger partial charge in [-0.1, -0.05) is 17.4 Å². The number of rotatable bonds is 3. The summed E-state index contributed by atoms with van der Waals surface area (Å²) in [5.74, 6) is -0.706. The fourth-order valence-corrected chi connectivity index (χ4v) is 1.40. The highest BCUT2D eigenvalue weighted by Gasteiger charge is 2.07. The minimum Gasteiger partial charge on any atom is -0.365 e. The second-order valence-electron chi connectivity index (χ2n) is 1.19. The van der Waals surface area contributed by atoms with Gasteiger partial charge in [0.1, 0.15) is 14.7 Å². The predicted molar refractivity (Wildman–Crippen MR) is 40.0 cm³/mol. The van der Waals surface area contributed by atoms with E-state index >= 15 is 0 Å². The van der Waals surface area contributed by atoms with Crippen LogP contribution in [-0.4, -0.2) is 16.4 Å². The maximum absolute atomic E-state index is 10.6. The molecule has 0 aliphatic rings. The maximum atomic E-state index is 10.6. The van der Waals surface area contributed by atoms with Gasteiger partial charge in [-0.05, 0) is 6.26 Å². The summed E-state index contributed by atoms with van der Waals surface area (Å²) in [7, 11) is -0.321. The molecule has 5 heteroatoms. The van der Waals surface area contributed by atoms with Crippen LogP contribution >= 0.6 is 10.8 Å². The van der Waals surface area contributed by atoms with Gasteiger partial charge in [-0.25, -0.2) is 4.21 Å². The Labute approximate surface area is 59.5 Å². The number of amides is 1. The number of hydrogen-bond acceptors (Lipinski definition) is 3. The zero-order valence-electron chi connectivity index (χ0n) is 4.92. The first-order chi connectivity index (χ1) is 4.09. The van der Waals surface area contributed by atoms with E-state index in [2.05, 4.69) is 6.58 Å². The Morgan fingerprint density at radius 2 is 2.22 bits per heavy atom. The molecule has 9 heavy (non-hydrogen) atoms. The van der Waals surface area contributed by atoms with E-state index in [0.29, 0.717) is 0 Å². The number of hydrogen-bond donors (Lipinski definition) is 1. The second kappa shape index (κ2) is 3.68. The first kappa shape index (κ1) is 8.71. The SMILES string of the molecule is C=C(C(N)=O)S(=O)SC. The average molecular weight is 165 g/mol. The molecule has 3 nitrogen and oxygen atoms in total. The van der Waals surface area contributed by atoms with Crippen LogP contribution in [0, 0.1) is 0 Å². The van der Waals surface area contributed by atoms with Gasteiger partial charge >= 0.3 is 0 Å². The van der Waals surface area contributed by atoms with E-state index in [1.165, 1.54) is 0 Å². The summed E-state index contributed by atoms with van der Waals surface area (Å²) in [4.78, 5) is 10.2. The van der Waals surface area contributed by atoms with Crippen molar-refractivity contribution in [1.82, 2.24) is 0 Å². The van der Waals surface area contributed by atoms with Crippen molar-refractivity contribution in [3.8, 4) is 0 Å². The van der Waals surface area contributed by atoms with Crippen LogP contribution in [-0.2, 0) is 14.6 Å². The van der Waals surface area contributed by atoms with E-state index in [9.17, 15) is 9.00 Å². The van der Waals surface area contributed by atoms with Crippen molar-refractivity contribution in [2.75, 3.05) is 6.26 Å². The second-order valence-corrected chi connectivity index (χ2v) is 4.39. The molecular weight excluding hydrogens is 158 g/mol. The molecule has 0 bridgehead atoms. The lowest BCUT2D eigenvalue weighted by atomic mass is 10.6. The third-order valence-electron chi connectivity index (χ3n) is 0.627. The molecular formula is C4H7NO2S2. The molecule has 0 heterocycles. The first-order valence-corrected chi connectivity index (χ1v) is 4.93. The molecule has 0 aliphatic carbocycles. The number of primary amides is 1. The Morgan fingerprint density at radius 3 is 2.33 bits per heavy atom. The molecule has 0 aromatic heterocycles. The summed E-state index contributed by atoms with van der Waals surface area (Å²) >= 11 is 0. The van der Waals surface area contributed by atoms with E-state index in [-0.39, 0.29) is 4.91 Å². The van der Waals surface area contributed by atoms with Crippen LogP contribution in [0.15, 0.2) is 11.5 Å². The summed E-state index contributed by atoms with van der Waals surface area (Å²) in [5.41, 5.74) is 4.77. The zero-order valence-corrected chi connectivity index (χ0v) is 6.55. The molecule has 2 N–H and O–H groups in total. The van der Waals surface area contributed by atoms with Gasteiger partial charge in [0.15, 0.2) is 0 Å². The molecule has 1 unspecified atom stereocenters. The van der Waals surface area contributed by atoms with Crippen molar-refractivity contribution in [2.24, 2.45) is 5.73 Å². The molecule has 52 valence electrons. The van der Waals surface area contributed by atoms with Crippen LogP contribution in [0.1, 0.15) is 0 Å².